The molecule has 0 atom stereocenters. The molecule has 0 saturated heterocycles. The number of H-pyrrole nitrogens is 1. The summed E-state index contributed by atoms with van der Waals surface area (Å²) < 4.78 is 1.21. The number of benzene rings is 1. The standard InChI is InChI=1S/C15H17ClN2O2/c1-3-6-12-13(16)17-15(20)18(14(12)19)9-11-8-5-4-7-10(11)2/h4-5,7-8H,3,6,9H2,1-2H3,(H,17,20). The fourth-order valence-electron chi connectivity index (χ4n) is 2.15. The molecule has 0 amide bonds. The van der Waals surface area contributed by atoms with Crippen molar-refractivity contribution in [3.63, 3.8) is 0 Å². The van der Waals surface area contributed by atoms with E-state index in [2.05, 4.69) is 4.98 Å². The normalized spacial score (nSPS) is 10.8. The van der Waals surface area contributed by atoms with Gasteiger partial charge in [0, 0.05) is 0 Å². The molecular weight excluding hydrogens is 276 g/mol. The zero-order chi connectivity index (χ0) is 14.7. The van der Waals surface area contributed by atoms with Crippen molar-refractivity contribution in [3.8, 4) is 0 Å². The second-order valence-electron chi connectivity index (χ2n) is 4.79. The second-order valence-corrected chi connectivity index (χ2v) is 5.17. The minimum Gasteiger partial charge on any atom is -0.297 e. The average Bonchev–Trinajstić information content (AvgIpc) is 2.41. The van der Waals surface area contributed by atoms with Gasteiger partial charge in [-0.3, -0.25) is 14.3 Å². The number of hydrogen-bond donors (Lipinski definition) is 1. The quantitative estimate of drug-likeness (QED) is 0.880. The summed E-state index contributed by atoms with van der Waals surface area (Å²) in [6.07, 6.45) is 1.35. The van der Waals surface area contributed by atoms with Crippen molar-refractivity contribution in [1.82, 2.24) is 9.55 Å². The Kier molecular flexibility index (Phi) is 4.45. The molecule has 1 aromatic carbocycles. The summed E-state index contributed by atoms with van der Waals surface area (Å²) in [5.74, 6) is 0. The lowest BCUT2D eigenvalue weighted by molar-refractivity contribution is 0.678. The number of aryl methyl sites for hydroxylation is 1. The average molecular weight is 293 g/mol. The summed E-state index contributed by atoms with van der Waals surface area (Å²) in [6.45, 7) is 4.18. The minimum atomic E-state index is -0.469. The van der Waals surface area contributed by atoms with Crippen LogP contribution in [0.15, 0.2) is 33.9 Å². The van der Waals surface area contributed by atoms with Gasteiger partial charge in [-0.2, -0.15) is 0 Å². The van der Waals surface area contributed by atoms with Gasteiger partial charge < -0.3 is 0 Å². The smallest absolute Gasteiger partial charge is 0.297 e. The highest BCUT2D eigenvalue weighted by atomic mass is 35.5. The fourth-order valence-corrected chi connectivity index (χ4v) is 2.41. The van der Waals surface area contributed by atoms with Crippen molar-refractivity contribution in [2.45, 2.75) is 33.2 Å². The first-order valence-corrected chi connectivity index (χ1v) is 6.98. The number of nitrogens with one attached hydrogen (secondary N) is 1. The lowest BCUT2D eigenvalue weighted by Crippen LogP contribution is -2.37. The zero-order valence-corrected chi connectivity index (χ0v) is 12.3. The van der Waals surface area contributed by atoms with E-state index in [9.17, 15) is 9.59 Å². The van der Waals surface area contributed by atoms with Crippen LogP contribution in [0.4, 0.5) is 0 Å². The van der Waals surface area contributed by atoms with E-state index in [0.717, 1.165) is 17.5 Å². The Morgan fingerprint density at radius 3 is 2.60 bits per heavy atom. The third-order valence-corrected chi connectivity index (χ3v) is 3.64. The van der Waals surface area contributed by atoms with Gasteiger partial charge in [0.1, 0.15) is 5.15 Å². The van der Waals surface area contributed by atoms with Crippen LogP contribution in [-0.4, -0.2) is 9.55 Å². The summed E-state index contributed by atoms with van der Waals surface area (Å²) in [5.41, 5.74) is 1.70. The van der Waals surface area contributed by atoms with Crippen molar-refractivity contribution in [2.75, 3.05) is 0 Å². The van der Waals surface area contributed by atoms with Gasteiger partial charge in [0.15, 0.2) is 0 Å². The Labute approximate surface area is 122 Å². The number of hydrogen-bond acceptors (Lipinski definition) is 2. The Morgan fingerprint density at radius 2 is 1.95 bits per heavy atom. The van der Waals surface area contributed by atoms with E-state index in [1.807, 2.05) is 38.1 Å². The van der Waals surface area contributed by atoms with E-state index in [4.69, 9.17) is 11.6 Å². The van der Waals surface area contributed by atoms with Gasteiger partial charge in [-0.1, -0.05) is 49.2 Å². The van der Waals surface area contributed by atoms with Crippen LogP contribution in [0.25, 0.3) is 0 Å². The van der Waals surface area contributed by atoms with Crippen LogP contribution < -0.4 is 11.2 Å². The van der Waals surface area contributed by atoms with Crippen molar-refractivity contribution in [3.05, 3.63) is 66.9 Å². The van der Waals surface area contributed by atoms with Crippen molar-refractivity contribution in [1.29, 1.82) is 0 Å². The Morgan fingerprint density at radius 1 is 1.25 bits per heavy atom. The molecule has 0 spiro atoms. The molecule has 0 fully saturated rings. The van der Waals surface area contributed by atoms with Crippen molar-refractivity contribution in [2.24, 2.45) is 0 Å². The van der Waals surface area contributed by atoms with E-state index in [0.29, 0.717) is 12.0 Å². The number of aromatic amines is 1. The van der Waals surface area contributed by atoms with Crippen LogP contribution in [0, 0.1) is 6.92 Å². The Hall–Kier alpha value is -1.81. The largest absolute Gasteiger partial charge is 0.329 e. The first-order valence-electron chi connectivity index (χ1n) is 6.60. The summed E-state index contributed by atoms with van der Waals surface area (Å²) in [6, 6.07) is 7.69. The van der Waals surface area contributed by atoms with Crippen LogP contribution >= 0.6 is 11.6 Å². The van der Waals surface area contributed by atoms with E-state index in [-0.39, 0.29) is 17.3 Å². The predicted molar refractivity (Wildman–Crippen MR) is 80.6 cm³/mol. The van der Waals surface area contributed by atoms with Gasteiger partial charge in [-0.15, -0.1) is 0 Å². The summed E-state index contributed by atoms with van der Waals surface area (Å²) in [5, 5.41) is 0.155. The maximum atomic E-state index is 12.4. The summed E-state index contributed by atoms with van der Waals surface area (Å²) in [4.78, 5) is 26.9. The van der Waals surface area contributed by atoms with E-state index >= 15 is 0 Å². The molecule has 5 heteroatoms. The highest BCUT2D eigenvalue weighted by molar-refractivity contribution is 6.30. The molecule has 0 saturated carbocycles. The van der Waals surface area contributed by atoms with Crippen LogP contribution in [0.1, 0.15) is 30.0 Å². The van der Waals surface area contributed by atoms with Gasteiger partial charge in [0.2, 0.25) is 0 Å². The first kappa shape index (κ1) is 14.6. The highest BCUT2D eigenvalue weighted by Crippen LogP contribution is 2.10. The lowest BCUT2D eigenvalue weighted by atomic mass is 10.1. The molecule has 2 aromatic rings. The molecule has 20 heavy (non-hydrogen) atoms. The molecule has 0 radical (unpaired) electrons. The third-order valence-electron chi connectivity index (χ3n) is 3.32. The van der Waals surface area contributed by atoms with E-state index < -0.39 is 5.69 Å². The van der Waals surface area contributed by atoms with Gasteiger partial charge in [0.05, 0.1) is 12.1 Å². The second kappa shape index (κ2) is 6.09. The lowest BCUT2D eigenvalue weighted by Gasteiger charge is -2.10. The van der Waals surface area contributed by atoms with E-state index in [1.54, 1.807) is 0 Å². The monoisotopic (exact) mass is 292 g/mol. The fraction of sp³-hybridized carbons (Fsp3) is 0.333. The molecule has 0 aliphatic heterocycles. The molecule has 0 unspecified atom stereocenters. The van der Waals surface area contributed by atoms with Crippen LogP contribution in [0.3, 0.4) is 0 Å². The molecule has 1 N–H and O–H groups in total. The van der Waals surface area contributed by atoms with Crippen LogP contribution in [-0.2, 0) is 13.0 Å². The van der Waals surface area contributed by atoms with Crippen LogP contribution in [0.5, 0.6) is 0 Å². The first-order chi connectivity index (χ1) is 9.54. The number of nitrogens with zero attached hydrogens (tertiary/aromatic N) is 1. The van der Waals surface area contributed by atoms with Gasteiger partial charge in [-0.25, -0.2) is 4.79 Å². The minimum absolute atomic E-state index is 0.155. The number of halogens is 1. The van der Waals surface area contributed by atoms with Gasteiger partial charge in [0.25, 0.3) is 5.56 Å². The molecule has 4 nitrogen and oxygen atoms in total. The molecule has 1 heterocycles. The maximum absolute atomic E-state index is 12.4. The topological polar surface area (TPSA) is 54.9 Å². The van der Waals surface area contributed by atoms with Crippen molar-refractivity contribution >= 4 is 11.6 Å². The predicted octanol–water partition coefficient (Wildman–Crippen LogP) is 2.50. The molecule has 0 aliphatic carbocycles. The third kappa shape index (κ3) is 2.85. The van der Waals surface area contributed by atoms with E-state index in [1.165, 1.54) is 4.57 Å². The molecule has 0 aliphatic rings. The Bertz CT molecular complexity index is 731. The summed E-state index contributed by atoms with van der Waals surface area (Å²) in [7, 11) is 0. The molecular formula is C15H17ClN2O2. The Balaban J connectivity index is 2.53. The van der Waals surface area contributed by atoms with Crippen LogP contribution in [0.2, 0.25) is 5.15 Å². The van der Waals surface area contributed by atoms with Gasteiger partial charge in [-0.05, 0) is 24.5 Å². The zero-order valence-electron chi connectivity index (χ0n) is 11.6. The van der Waals surface area contributed by atoms with Crippen molar-refractivity contribution < 1.29 is 0 Å². The summed E-state index contributed by atoms with van der Waals surface area (Å²) >= 11 is 5.95. The molecule has 0 bridgehead atoms. The maximum Gasteiger partial charge on any atom is 0.329 e. The number of aromatic nitrogens is 2. The number of rotatable bonds is 4. The molecule has 106 valence electrons. The molecule has 1 aromatic heterocycles. The molecule has 2 rings (SSSR count). The SMILES string of the molecule is CCCc1c(Cl)[nH]c(=O)n(Cc2ccccc2C)c1=O. The highest BCUT2D eigenvalue weighted by Gasteiger charge is 2.12. The van der Waals surface area contributed by atoms with Gasteiger partial charge >= 0.3 is 5.69 Å².